The Labute approximate surface area is 165 Å². The van der Waals surface area contributed by atoms with Gasteiger partial charge in [-0.25, -0.2) is 4.39 Å². The molecule has 1 fully saturated rings. The van der Waals surface area contributed by atoms with Gasteiger partial charge in [0, 0.05) is 24.8 Å². The molecule has 0 aromatic heterocycles. The highest BCUT2D eigenvalue weighted by molar-refractivity contribution is 5.52. The highest BCUT2D eigenvalue weighted by Crippen LogP contribution is 2.41. The fourth-order valence-corrected chi connectivity index (χ4v) is 4.09. The van der Waals surface area contributed by atoms with Crippen LogP contribution in [0.3, 0.4) is 0 Å². The molecule has 2 aromatic carbocycles. The quantitative estimate of drug-likeness (QED) is 0.623. The molecule has 4 rings (SSSR count). The van der Waals surface area contributed by atoms with Crippen molar-refractivity contribution in [2.45, 2.75) is 38.5 Å². The van der Waals surface area contributed by atoms with Crippen molar-refractivity contribution in [3.8, 4) is 29.6 Å². The molecule has 0 radical (unpaired) electrons. The van der Waals surface area contributed by atoms with E-state index in [0.29, 0.717) is 35.3 Å². The average Bonchev–Trinajstić information content (AvgIpc) is 3.35. The summed E-state index contributed by atoms with van der Waals surface area (Å²) in [5, 5.41) is 0. The summed E-state index contributed by atoms with van der Waals surface area (Å²) in [7, 11) is 0. The van der Waals surface area contributed by atoms with Crippen molar-refractivity contribution in [2.24, 2.45) is 5.92 Å². The predicted molar refractivity (Wildman–Crippen MR) is 107 cm³/mol. The van der Waals surface area contributed by atoms with Crippen molar-refractivity contribution in [3.05, 3.63) is 52.8 Å². The molecule has 3 nitrogen and oxygen atoms in total. The molecule has 1 aliphatic carbocycles. The Bertz CT molecular complexity index is 893. The Kier molecular flexibility index (Phi) is 5.54. The van der Waals surface area contributed by atoms with Gasteiger partial charge in [-0.1, -0.05) is 12.8 Å². The Hall–Kier alpha value is -2.51. The Morgan fingerprint density at radius 1 is 1.21 bits per heavy atom. The Morgan fingerprint density at radius 2 is 2.07 bits per heavy atom. The monoisotopic (exact) mass is 380 g/mol. The van der Waals surface area contributed by atoms with E-state index in [9.17, 15) is 4.39 Å². The first-order chi connectivity index (χ1) is 13.7. The van der Waals surface area contributed by atoms with Crippen LogP contribution in [0.5, 0.6) is 17.2 Å². The number of ether oxygens (including phenoxy) is 3. The van der Waals surface area contributed by atoms with Crippen molar-refractivity contribution < 1.29 is 18.6 Å². The zero-order valence-corrected chi connectivity index (χ0v) is 16.2. The zero-order chi connectivity index (χ0) is 19.5. The molecule has 28 heavy (non-hydrogen) atoms. The van der Waals surface area contributed by atoms with Crippen molar-refractivity contribution in [1.82, 2.24) is 0 Å². The maximum Gasteiger partial charge on any atom is 0.135 e. The summed E-state index contributed by atoms with van der Waals surface area (Å²) in [6.45, 7) is 4.34. The minimum absolute atomic E-state index is 0.145. The van der Waals surface area contributed by atoms with Crippen LogP contribution in [-0.2, 0) is 11.2 Å². The molecule has 0 bridgehead atoms. The first-order valence-corrected chi connectivity index (χ1v) is 9.96. The molecule has 2 atom stereocenters. The Balaban J connectivity index is 1.47. The molecule has 1 saturated heterocycles. The molecule has 4 heteroatoms. The summed E-state index contributed by atoms with van der Waals surface area (Å²) in [4.78, 5) is 0. The Morgan fingerprint density at radius 3 is 2.86 bits per heavy atom. The molecule has 0 spiro atoms. The fourth-order valence-electron chi connectivity index (χ4n) is 4.09. The molecule has 1 aliphatic heterocycles. The summed E-state index contributed by atoms with van der Waals surface area (Å²) < 4.78 is 31.5. The van der Waals surface area contributed by atoms with Crippen molar-refractivity contribution in [3.63, 3.8) is 0 Å². The number of rotatable bonds is 6. The van der Waals surface area contributed by atoms with Crippen LogP contribution in [0.4, 0.5) is 4.39 Å². The van der Waals surface area contributed by atoms with Gasteiger partial charge in [-0.2, -0.15) is 0 Å². The second kappa shape index (κ2) is 8.24. The van der Waals surface area contributed by atoms with Crippen molar-refractivity contribution in [1.29, 1.82) is 0 Å². The maximum absolute atomic E-state index is 14.2. The van der Waals surface area contributed by atoms with Crippen LogP contribution in [0.25, 0.3) is 0 Å². The SMILES string of the molecule is C#Cc1cc(Oc2ccc(F)c3c2CCC3C)ccc1OCCC1CCOC1. The van der Waals surface area contributed by atoms with Gasteiger partial charge in [0.25, 0.3) is 0 Å². The van der Waals surface area contributed by atoms with Crippen LogP contribution >= 0.6 is 0 Å². The lowest BCUT2D eigenvalue weighted by atomic mass is 10.0. The van der Waals surface area contributed by atoms with Crippen molar-refractivity contribution in [2.75, 3.05) is 19.8 Å². The maximum atomic E-state index is 14.2. The van der Waals surface area contributed by atoms with Gasteiger partial charge >= 0.3 is 0 Å². The molecule has 1 heterocycles. The normalized spacial score (nSPS) is 20.6. The van der Waals surface area contributed by atoms with Crippen LogP contribution in [0.2, 0.25) is 0 Å². The minimum Gasteiger partial charge on any atom is -0.492 e. The summed E-state index contributed by atoms with van der Waals surface area (Å²) in [5.74, 6) is 5.36. The summed E-state index contributed by atoms with van der Waals surface area (Å²) in [5.41, 5.74) is 2.41. The minimum atomic E-state index is -0.145. The third-order valence-corrected chi connectivity index (χ3v) is 5.72. The molecule has 0 amide bonds. The van der Waals surface area contributed by atoms with Crippen LogP contribution in [0.15, 0.2) is 30.3 Å². The summed E-state index contributed by atoms with van der Waals surface area (Å²) >= 11 is 0. The van der Waals surface area contributed by atoms with Gasteiger partial charge in [-0.05, 0) is 67.3 Å². The third kappa shape index (κ3) is 3.86. The molecule has 0 saturated carbocycles. The van der Waals surface area contributed by atoms with E-state index in [1.165, 1.54) is 6.07 Å². The number of benzene rings is 2. The van der Waals surface area contributed by atoms with E-state index in [1.54, 1.807) is 6.07 Å². The summed E-state index contributed by atoms with van der Waals surface area (Å²) in [6.07, 6.45) is 9.51. The summed E-state index contributed by atoms with van der Waals surface area (Å²) in [6, 6.07) is 8.70. The van der Waals surface area contributed by atoms with Crippen LogP contribution in [0, 0.1) is 24.1 Å². The van der Waals surface area contributed by atoms with Gasteiger partial charge in [0.2, 0.25) is 0 Å². The van der Waals surface area contributed by atoms with Gasteiger partial charge in [0.1, 0.15) is 23.1 Å². The van der Waals surface area contributed by atoms with E-state index in [4.69, 9.17) is 20.6 Å². The molecule has 2 aromatic rings. The first kappa shape index (κ1) is 18.8. The van der Waals surface area contributed by atoms with E-state index < -0.39 is 0 Å². The fraction of sp³-hybridized carbons (Fsp3) is 0.417. The number of hydrogen-bond acceptors (Lipinski definition) is 3. The van der Waals surface area contributed by atoms with E-state index in [1.807, 2.05) is 18.2 Å². The van der Waals surface area contributed by atoms with Gasteiger partial charge in [-0.3, -0.25) is 0 Å². The lowest BCUT2D eigenvalue weighted by Crippen LogP contribution is -2.07. The topological polar surface area (TPSA) is 27.7 Å². The van der Waals surface area contributed by atoms with E-state index in [-0.39, 0.29) is 11.7 Å². The smallest absolute Gasteiger partial charge is 0.135 e. The van der Waals surface area contributed by atoms with Gasteiger partial charge in [0.05, 0.1) is 12.2 Å². The van der Waals surface area contributed by atoms with Crippen LogP contribution in [-0.4, -0.2) is 19.8 Å². The third-order valence-electron chi connectivity index (χ3n) is 5.72. The van der Waals surface area contributed by atoms with E-state index in [0.717, 1.165) is 50.0 Å². The van der Waals surface area contributed by atoms with Crippen LogP contribution in [0.1, 0.15) is 48.8 Å². The largest absolute Gasteiger partial charge is 0.492 e. The number of halogens is 1. The molecule has 2 aliphatic rings. The predicted octanol–water partition coefficient (Wildman–Crippen LogP) is 5.45. The van der Waals surface area contributed by atoms with Crippen molar-refractivity contribution >= 4 is 0 Å². The second-order valence-electron chi connectivity index (χ2n) is 7.65. The standard InChI is InChI=1S/C24H25FO3/c1-3-18-14-19(5-8-22(18)27-13-11-17-10-12-26-15-17)28-23-9-7-21(25)24-16(2)4-6-20(23)24/h1,5,7-9,14,16-17H,4,6,10-13,15H2,2H3. The molecule has 146 valence electrons. The zero-order valence-electron chi connectivity index (χ0n) is 16.2. The number of hydrogen-bond donors (Lipinski definition) is 0. The molecule has 0 N–H and O–H groups in total. The molecular weight excluding hydrogens is 355 g/mol. The molecule has 2 unspecified atom stereocenters. The lowest BCUT2D eigenvalue weighted by molar-refractivity contribution is 0.178. The van der Waals surface area contributed by atoms with E-state index in [2.05, 4.69) is 12.8 Å². The second-order valence-corrected chi connectivity index (χ2v) is 7.65. The van der Waals surface area contributed by atoms with Gasteiger partial charge in [0.15, 0.2) is 0 Å². The number of terminal acetylenes is 1. The first-order valence-electron chi connectivity index (χ1n) is 9.96. The highest BCUT2D eigenvalue weighted by Gasteiger charge is 2.26. The van der Waals surface area contributed by atoms with Gasteiger partial charge in [-0.15, -0.1) is 6.42 Å². The average molecular weight is 380 g/mol. The van der Waals surface area contributed by atoms with E-state index >= 15 is 0 Å². The molecular formula is C24H25FO3. The van der Waals surface area contributed by atoms with Gasteiger partial charge < -0.3 is 14.2 Å². The number of fused-ring (bicyclic) bond motifs is 1. The van der Waals surface area contributed by atoms with Crippen LogP contribution < -0.4 is 9.47 Å². The lowest BCUT2D eigenvalue weighted by Gasteiger charge is -2.14. The highest BCUT2D eigenvalue weighted by atomic mass is 19.1.